The quantitative estimate of drug-likeness (QED) is 0.440. The normalized spacial score (nSPS) is 10.1. The molecule has 0 saturated carbocycles. The third-order valence-corrected chi connectivity index (χ3v) is 2.36. The topological polar surface area (TPSA) is 64.3 Å². The highest BCUT2D eigenvalue weighted by atomic mass is 16.5. The fourth-order valence-corrected chi connectivity index (χ4v) is 1.55. The molecule has 0 unspecified atom stereocenters. The Balaban J connectivity index is 2.34. The number of nitrogen functional groups attached to an aromatic ring is 1. The maximum Gasteiger partial charge on any atom is 0.251 e. The summed E-state index contributed by atoms with van der Waals surface area (Å²) in [7, 11) is 0. The molecule has 0 aromatic heterocycles. The molecule has 4 nitrogen and oxygen atoms in total. The van der Waals surface area contributed by atoms with Gasteiger partial charge >= 0.3 is 0 Å². The summed E-state index contributed by atoms with van der Waals surface area (Å²) >= 11 is 0. The van der Waals surface area contributed by atoms with Crippen molar-refractivity contribution in [1.29, 1.82) is 0 Å². The van der Waals surface area contributed by atoms with E-state index in [1.807, 2.05) is 19.1 Å². The molecule has 0 aliphatic rings. The van der Waals surface area contributed by atoms with E-state index in [0.717, 1.165) is 12.0 Å². The molecule has 0 radical (unpaired) electrons. The lowest BCUT2D eigenvalue weighted by Gasteiger charge is -2.07. The molecular formula is C14H20N2O2. The van der Waals surface area contributed by atoms with Crippen molar-refractivity contribution < 1.29 is 9.53 Å². The second-order valence-electron chi connectivity index (χ2n) is 4.08. The van der Waals surface area contributed by atoms with E-state index in [9.17, 15) is 4.79 Å². The molecule has 0 saturated heterocycles. The van der Waals surface area contributed by atoms with Crippen molar-refractivity contribution >= 4 is 11.6 Å². The Morgan fingerprint density at radius 2 is 2.22 bits per heavy atom. The van der Waals surface area contributed by atoms with E-state index in [2.05, 4.69) is 11.9 Å². The smallest absolute Gasteiger partial charge is 0.251 e. The molecule has 0 bridgehead atoms. The number of nitrogens with one attached hydrogen (secondary N) is 1. The Labute approximate surface area is 108 Å². The maximum atomic E-state index is 11.8. The van der Waals surface area contributed by atoms with E-state index in [1.54, 1.807) is 12.1 Å². The van der Waals surface area contributed by atoms with Crippen LogP contribution in [0.15, 0.2) is 30.9 Å². The minimum Gasteiger partial charge on any atom is -0.399 e. The summed E-state index contributed by atoms with van der Waals surface area (Å²) in [6.45, 7) is 7.14. The maximum absolute atomic E-state index is 11.8. The molecule has 0 aliphatic heterocycles. The van der Waals surface area contributed by atoms with Crippen LogP contribution in [0, 0.1) is 6.92 Å². The zero-order valence-electron chi connectivity index (χ0n) is 10.7. The van der Waals surface area contributed by atoms with Crippen LogP contribution in [-0.2, 0) is 4.74 Å². The van der Waals surface area contributed by atoms with Crippen LogP contribution in [0.2, 0.25) is 0 Å². The molecule has 1 rings (SSSR count). The van der Waals surface area contributed by atoms with Gasteiger partial charge in [-0.1, -0.05) is 6.08 Å². The van der Waals surface area contributed by atoms with E-state index in [0.29, 0.717) is 31.0 Å². The Morgan fingerprint density at radius 1 is 1.44 bits per heavy atom. The van der Waals surface area contributed by atoms with Crippen LogP contribution in [-0.4, -0.2) is 25.7 Å². The van der Waals surface area contributed by atoms with E-state index in [4.69, 9.17) is 10.5 Å². The third-order valence-electron chi connectivity index (χ3n) is 2.36. The first-order chi connectivity index (χ1) is 8.63. The first-order valence-corrected chi connectivity index (χ1v) is 5.97. The van der Waals surface area contributed by atoms with Crippen molar-refractivity contribution in [3.63, 3.8) is 0 Å². The molecule has 3 N–H and O–H groups in total. The van der Waals surface area contributed by atoms with E-state index in [-0.39, 0.29) is 5.91 Å². The number of hydrogen-bond acceptors (Lipinski definition) is 3. The second kappa shape index (κ2) is 7.50. The Morgan fingerprint density at radius 3 is 2.89 bits per heavy atom. The summed E-state index contributed by atoms with van der Waals surface area (Å²) in [5.41, 5.74) is 7.85. The van der Waals surface area contributed by atoms with Crippen LogP contribution in [0.3, 0.4) is 0 Å². The Kier molecular flexibility index (Phi) is 5.94. The number of nitrogens with two attached hydrogens (primary N) is 1. The average molecular weight is 248 g/mol. The lowest BCUT2D eigenvalue weighted by molar-refractivity contribution is 0.0918. The summed E-state index contributed by atoms with van der Waals surface area (Å²) in [5, 5.41) is 2.78. The zero-order valence-corrected chi connectivity index (χ0v) is 10.7. The van der Waals surface area contributed by atoms with E-state index < -0.39 is 0 Å². The highest BCUT2D eigenvalue weighted by Crippen LogP contribution is 2.10. The van der Waals surface area contributed by atoms with Gasteiger partial charge in [0.15, 0.2) is 0 Å². The van der Waals surface area contributed by atoms with E-state index >= 15 is 0 Å². The Hall–Kier alpha value is -1.81. The molecule has 1 amide bonds. The number of ether oxygens (including phenoxy) is 1. The first kappa shape index (κ1) is 14.3. The van der Waals surface area contributed by atoms with Crippen LogP contribution in [0.25, 0.3) is 0 Å². The summed E-state index contributed by atoms with van der Waals surface area (Å²) in [4.78, 5) is 11.8. The summed E-state index contributed by atoms with van der Waals surface area (Å²) in [6, 6.07) is 5.31. The average Bonchev–Trinajstić information content (AvgIpc) is 2.32. The fraction of sp³-hybridized carbons (Fsp3) is 0.357. The number of aryl methyl sites for hydroxylation is 1. The Bertz CT molecular complexity index is 396. The van der Waals surface area contributed by atoms with Gasteiger partial charge in [0.05, 0.1) is 13.2 Å². The number of carbonyl (C=O) groups is 1. The summed E-state index contributed by atoms with van der Waals surface area (Å²) in [5.74, 6) is -0.127. The molecule has 4 heteroatoms. The van der Waals surface area contributed by atoms with Gasteiger partial charge in [-0.25, -0.2) is 0 Å². The van der Waals surface area contributed by atoms with Gasteiger partial charge in [-0.05, 0) is 37.1 Å². The lowest BCUT2D eigenvalue weighted by Crippen LogP contribution is -2.27. The molecule has 0 fully saturated rings. The molecule has 18 heavy (non-hydrogen) atoms. The molecule has 0 spiro atoms. The number of rotatable bonds is 7. The first-order valence-electron chi connectivity index (χ1n) is 5.97. The van der Waals surface area contributed by atoms with Crippen LogP contribution in [0.5, 0.6) is 0 Å². The van der Waals surface area contributed by atoms with Gasteiger partial charge in [0.1, 0.15) is 0 Å². The minimum atomic E-state index is -0.127. The van der Waals surface area contributed by atoms with Gasteiger partial charge in [-0.3, -0.25) is 4.79 Å². The van der Waals surface area contributed by atoms with Gasteiger partial charge in [-0.15, -0.1) is 6.58 Å². The minimum absolute atomic E-state index is 0.127. The van der Waals surface area contributed by atoms with Crippen molar-refractivity contribution in [3.05, 3.63) is 42.0 Å². The monoisotopic (exact) mass is 248 g/mol. The van der Waals surface area contributed by atoms with Crippen molar-refractivity contribution in [2.24, 2.45) is 0 Å². The standard InChI is InChI=1S/C14H20N2O2/c1-3-4-6-18-7-5-16-14(17)12-8-11(2)9-13(15)10-12/h3,8-10H,1,4-7,15H2,2H3,(H,16,17). The number of anilines is 1. The van der Waals surface area contributed by atoms with Crippen molar-refractivity contribution in [1.82, 2.24) is 5.32 Å². The largest absolute Gasteiger partial charge is 0.399 e. The highest BCUT2D eigenvalue weighted by molar-refractivity contribution is 5.95. The van der Waals surface area contributed by atoms with Crippen molar-refractivity contribution in [2.75, 3.05) is 25.5 Å². The zero-order chi connectivity index (χ0) is 13.4. The third kappa shape index (κ3) is 5.01. The van der Waals surface area contributed by atoms with Crippen LogP contribution >= 0.6 is 0 Å². The van der Waals surface area contributed by atoms with Crippen molar-refractivity contribution in [3.8, 4) is 0 Å². The molecule has 0 heterocycles. The fourth-order valence-electron chi connectivity index (χ4n) is 1.55. The number of hydrogen-bond donors (Lipinski definition) is 2. The number of carbonyl (C=O) groups excluding carboxylic acids is 1. The van der Waals surface area contributed by atoms with Gasteiger partial charge in [0.25, 0.3) is 5.91 Å². The van der Waals surface area contributed by atoms with Gasteiger partial charge in [0.2, 0.25) is 0 Å². The van der Waals surface area contributed by atoms with Crippen LogP contribution in [0.4, 0.5) is 5.69 Å². The van der Waals surface area contributed by atoms with Crippen LogP contribution in [0.1, 0.15) is 22.3 Å². The van der Waals surface area contributed by atoms with E-state index in [1.165, 1.54) is 0 Å². The second-order valence-corrected chi connectivity index (χ2v) is 4.08. The SMILES string of the molecule is C=CCCOCCNC(=O)c1cc(C)cc(N)c1. The molecule has 0 aliphatic carbocycles. The number of amides is 1. The number of benzene rings is 1. The molecule has 0 atom stereocenters. The molecule has 1 aromatic carbocycles. The van der Waals surface area contributed by atoms with Gasteiger partial charge < -0.3 is 15.8 Å². The summed E-state index contributed by atoms with van der Waals surface area (Å²) in [6.07, 6.45) is 2.62. The van der Waals surface area contributed by atoms with Crippen molar-refractivity contribution in [2.45, 2.75) is 13.3 Å². The molecule has 1 aromatic rings. The summed E-state index contributed by atoms with van der Waals surface area (Å²) < 4.78 is 5.30. The molecular weight excluding hydrogens is 228 g/mol. The molecule has 98 valence electrons. The highest BCUT2D eigenvalue weighted by Gasteiger charge is 2.05. The predicted molar refractivity (Wildman–Crippen MR) is 73.6 cm³/mol. The van der Waals surface area contributed by atoms with Crippen LogP contribution < -0.4 is 11.1 Å². The van der Waals surface area contributed by atoms with Gasteiger partial charge in [0, 0.05) is 17.8 Å². The lowest BCUT2D eigenvalue weighted by atomic mass is 10.1. The van der Waals surface area contributed by atoms with Gasteiger partial charge in [-0.2, -0.15) is 0 Å². The predicted octanol–water partition coefficient (Wildman–Crippen LogP) is 1.90.